The molecule has 0 unspecified atom stereocenters. The van der Waals surface area contributed by atoms with Crippen molar-refractivity contribution in [1.82, 2.24) is 4.57 Å². The van der Waals surface area contributed by atoms with Crippen molar-refractivity contribution >= 4 is 10.9 Å². The van der Waals surface area contributed by atoms with Crippen LogP contribution in [0.3, 0.4) is 0 Å². The third-order valence-electron chi connectivity index (χ3n) is 4.51. The van der Waals surface area contributed by atoms with Crippen LogP contribution < -0.4 is 0 Å². The van der Waals surface area contributed by atoms with Gasteiger partial charge in [-0.05, 0) is 35.8 Å². The summed E-state index contributed by atoms with van der Waals surface area (Å²) in [6, 6.07) is 8.96. The number of aryl methyl sites for hydroxylation is 2. The molecule has 1 heteroatoms. The molecule has 1 saturated carbocycles. The fourth-order valence-electron chi connectivity index (χ4n) is 3.43. The molecule has 0 amide bonds. The van der Waals surface area contributed by atoms with E-state index in [9.17, 15) is 0 Å². The molecule has 0 radical (unpaired) electrons. The summed E-state index contributed by atoms with van der Waals surface area (Å²) < 4.78 is 2.48. The molecule has 0 saturated heterocycles. The second-order valence-electron chi connectivity index (χ2n) is 5.66. The summed E-state index contributed by atoms with van der Waals surface area (Å²) >= 11 is 0. The lowest BCUT2D eigenvalue weighted by atomic mass is 10.0. The van der Waals surface area contributed by atoms with E-state index < -0.39 is 0 Å². The Balaban J connectivity index is 1.82. The second-order valence-corrected chi connectivity index (χ2v) is 5.66. The van der Waals surface area contributed by atoms with Gasteiger partial charge in [-0.15, -0.1) is 0 Å². The number of fused-ring (bicyclic) bond motifs is 1. The van der Waals surface area contributed by atoms with Gasteiger partial charge in [0.15, 0.2) is 0 Å². The molecule has 2 aromatic rings. The van der Waals surface area contributed by atoms with E-state index in [4.69, 9.17) is 0 Å². The number of hydrogen-bond donors (Lipinski definition) is 0. The van der Waals surface area contributed by atoms with Crippen molar-refractivity contribution in [2.24, 2.45) is 5.92 Å². The first-order chi connectivity index (χ1) is 8.88. The van der Waals surface area contributed by atoms with Gasteiger partial charge in [0.2, 0.25) is 0 Å². The van der Waals surface area contributed by atoms with E-state index in [1.165, 1.54) is 55.1 Å². The van der Waals surface area contributed by atoms with E-state index in [2.05, 4.69) is 42.0 Å². The Hall–Kier alpha value is -1.24. The Kier molecular flexibility index (Phi) is 3.40. The Morgan fingerprint density at radius 3 is 2.78 bits per heavy atom. The molecule has 0 N–H and O–H groups in total. The van der Waals surface area contributed by atoms with Crippen LogP contribution in [0.2, 0.25) is 0 Å². The fraction of sp³-hybridized carbons (Fsp3) is 0.529. The maximum atomic E-state index is 2.48. The SMILES string of the molecule is CCc1cccc2ccn(CCC3CCCC3)c12. The third-order valence-corrected chi connectivity index (χ3v) is 4.51. The summed E-state index contributed by atoms with van der Waals surface area (Å²) in [5.41, 5.74) is 2.96. The lowest BCUT2D eigenvalue weighted by Gasteiger charge is -2.12. The molecule has 0 spiro atoms. The van der Waals surface area contributed by atoms with Crippen LogP contribution >= 0.6 is 0 Å². The van der Waals surface area contributed by atoms with Crippen molar-refractivity contribution in [3.05, 3.63) is 36.0 Å². The molecule has 0 atom stereocenters. The third kappa shape index (κ3) is 2.19. The molecule has 3 rings (SSSR count). The first-order valence-electron chi connectivity index (χ1n) is 7.45. The standard InChI is InChI=1S/C17H23N/c1-2-15-8-5-9-16-11-13-18(17(15)16)12-10-14-6-3-4-7-14/h5,8-9,11,13-14H,2-4,6-7,10,12H2,1H3. The molecule has 1 aliphatic rings. The monoisotopic (exact) mass is 241 g/mol. The predicted octanol–water partition coefficient (Wildman–Crippen LogP) is 4.78. The van der Waals surface area contributed by atoms with Gasteiger partial charge in [-0.1, -0.05) is 50.8 Å². The van der Waals surface area contributed by atoms with Gasteiger partial charge in [-0.2, -0.15) is 0 Å². The maximum absolute atomic E-state index is 2.48. The highest BCUT2D eigenvalue weighted by Gasteiger charge is 2.15. The number of hydrogen-bond acceptors (Lipinski definition) is 0. The van der Waals surface area contributed by atoms with Crippen LogP contribution in [0.25, 0.3) is 10.9 Å². The van der Waals surface area contributed by atoms with Crippen molar-refractivity contribution < 1.29 is 0 Å². The Bertz CT molecular complexity index is 517. The zero-order valence-corrected chi connectivity index (χ0v) is 11.4. The second kappa shape index (κ2) is 5.17. The maximum Gasteiger partial charge on any atom is 0.0512 e. The lowest BCUT2D eigenvalue weighted by molar-refractivity contribution is 0.463. The zero-order chi connectivity index (χ0) is 12.4. The van der Waals surface area contributed by atoms with E-state index in [1.54, 1.807) is 0 Å². The molecule has 0 bridgehead atoms. The summed E-state index contributed by atoms with van der Waals surface area (Å²) in [6.45, 7) is 3.45. The van der Waals surface area contributed by atoms with Gasteiger partial charge in [0.25, 0.3) is 0 Å². The van der Waals surface area contributed by atoms with Crippen molar-refractivity contribution in [2.75, 3.05) is 0 Å². The van der Waals surface area contributed by atoms with Crippen LogP contribution in [-0.4, -0.2) is 4.57 Å². The van der Waals surface area contributed by atoms with E-state index >= 15 is 0 Å². The molecular formula is C17H23N. The minimum atomic E-state index is 0.983. The first kappa shape index (κ1) is 11.8. The molecule has 0 aliphatic heterocycles. The smallest absolute Gasteiger partial charge is 0.0512 e. The average Bonchev–Trinajstić information content (AvgIpc) is 3.05. The van der Waals surface area contributed by atoms with Crippen LogP contribution in [0.4, 0.5) is 0 Å². The van der Waals surface area contributed by atoms with Gasteiger partial charge < -0.3 is 4.57 Å². The largest absolute Gasteiger partial charge is 0.347 e. The Morgan fingerprint density at radius 2 is 2.00 bits per heavy atom. The van der Waals surface area contributed by atoms with E-state index in [0.717, 1.165) is 12.3 Å². The molecule has 1 aliphatic carbocycles. The van der Waals surface area contributed by atoms with Crippen molar-refractivity contribution in [3.8, 4) is 0 Å². The normalized spacial score (nSPS) is 16.7. The van der Waals surface area contributed by atoms with Crippen LogP contribution in [-0.2, 0) is 13.0 Å². The Morgan fingerprint density at radius 1 is 1.17 bits per heavy atom. The van der Waals surface area contributed by atoms with E-state index in [1.807, 2.05) is 0 Å². The predicted molar refractivity (Wildman–Crippen MR) is 77.9 cm³/mol. The first-order valence-corrected chi connectivity index (χ1v) is 7.45. The van der Waals surface area contributed by atoms with Crippen molar-refractivity contribution in [3.63, 3.8) is 0 Å². The molecule has 96 valence electrons. The van der Waals surface area contributed by atoms with Gasteiger partial charge in [0.05, 0.1) is 5.52 Å². The molecule has 1 fully saturated rings. The van der Waals surface area contributed by atoms with E-state index in [0.29, 0.717) is 0 Å². The molecule has 1 aromatic heterocycles. The number of para-hydroxylation sites is 1. The number of benzene rings is 1. The zero-order valence-electron chi connectivity index (χ0n) is 11.4. The van der Waals surface area contributed by atoms with Crippen molar-refractivity contribution in [1.29, 1.82) is 0 Å². The minimum Gasteiger partial charge on any atom is -0.347 e. The summed E-state index contributed by atoms with van der Waals surface area (Å²) in [6.07, 6.45) is 10.6. The van der Waals surface area contributed by atoms with Gasteiger partial charge in [0.1, 0.15) is 0 Å². The number of nitrogens with zero attached hydrogens (tertiary/aromatic N) is 1. The minimum absolute atomic E-state index is 0.983. The highest BCUT2D eigenvalue weighted by Crippen LogP contribution is 2.29. The van der Waals surface area contributed by atoms with E-state index in [-0.39, 0.29) is 0 Å². The quantitative estimate of drug-likeness (QED) is 0.725. The lowest BCUT2D eigenvalue weighted by Crippen LogP contribution is -2.03. The van der Waals surface area contributed by atoms with Gasteiger partial charge >= 0.3 is 0 Å². The highest BCUT2D eigenvalue weighted by atomic mass is 15.0. The summed E-state index contributed by atoms with van der Waals surface area (Å²) in [4.78, 5) is 0. The van der Waals surface area contributed by atoms with Crippen LogP contribution in [0.15, 0.2) is 30.5 Å². The Labute approximate surface area is 110 Å². The fourth-order valence-corrected chi connectivity index (χ4v) is 3.43. The van der Waals surface area contributed by atoms with Crippen molar-refractivity contribution in [2.45, 2.75) is 52.0 Å². The average molecular weight is 241 g/mol. The molecule has 1 heterocycles. The molecule has 18 heavy (non-hydrogen) atoms. The number of rotatable bonds is 4. The van der Waals surface area contributed by atoms with Crippen LogP contribution in [0.5, 0.6) is 0 Å². The molecule has 1 aromatic carbocycles. The van der Waals surface area contributed by atoms with Gasteiger partial charge in [-0.25, -0.2) is 0 Å². The highest BCUT2D eigenvalue weighted by molar-refractivity contribution is 5.83. The molecular weight excluding hydrogens is 218 g/mol. The molecule has 1 nitrogen and oxygen atoms in total. The topological polar surface area (TPSA) is 4.93 Å². The van der Waals surface area contributed by atoms with Crippen LogP contribution in [0.1, 0.15) is 44.6 Å². The summed E-state index contributed by atoms with van der Waals surface area (Å²) in [5, 5.41) is 1.40. The van der Waals surface area contributed by atoms with Gasteiger partial charge in [0, 0.05) is 12.7 Å². The number of aromatic nitrogens is 1. The summed E-state index contributed by atoms with van der Waals surface area (Å²) in [5.74, 6) is 0.983. The van der Waals surface area contributed by atoms with Gasteiger partial charge in [-0.3, -0.25) is 0 Å². The summed E-state index contributed by atoms with van der Waals surface area (Å²) in [7, 11) is 0. The van der Waals surface area contributed by atoms with Crippen LogP contribution in [0, 0.1) is 5.92 Å².